The average molecular weight is 274 g/mol. The number of benzene rings is 2. The van der Waals surface area contributed by atoms with Crippen molar-refractivity contribution in [2.45, 2.75) is 26.2 Å². The number of hydrogen-bond donors (Lipinski definition) is 1. The van der Waals surface area contributed by atoms with Crippen LogP contribution >= 0.6 is 0 Å². The lowest BCUT2D eigenvalue weighted by Crippen LogP contribution is -2.13. The molecular weight excluding hydrogens is 255 g/mol. The van der Waals surface area contributed by atoms with Crippen LogP contribution in [0.5, 0.6) is 5.75 Å². The van der Waals surface area contributed by atoms with Crippen molar-refractivity contribution in [3.05, 3.63) is 35.4 Å². The van der Waals surface area contributed by atoms with Gasteiger partial charge >= 0.3 is 0 Å². The van der Waals surface area contributed by atoms with E-state index in [0.717, 1.165) is 5.56 Å². The number of ether oxygens (including phenoxy) is 1. The van der Waals surface area contributed by atoms with Crippen LogP contribution in [0.25, 0.3) is 10.8 Å². The third-order valence-electron chi connectivity index (χ3n) is 3.16. The van der Waals surface area contributed by atoms with E-state index in [2.05, 4.69) is 0 Å². The normalized spacial score (nSPS) is 13.6. The summed E-state index contributed by atoms with van der Waals surface area (Å²) in [5.74, 6) is -0.0996. The lowest BCUT2D eigenvalue weighted by Gasteiger charge is -2.23. The number of nitriles is 1. The Morgan fingerprint density at radius 3 is 2.65 bits per heavy atom. The number of fused-ring (bicyclic) bond motifs is 1. The highest BCUT2D eigenvalue weighted by Crippen LogP contribution is 2.39. The van der Waals surface area contributed by atoms with Gasteiger partial charge in [-0.3, -0.25) is 0 Å². The van der Waals surface area contributed by atoms with Crippen molar-refractivity contribution in [2.24, 2.45) is 0 Å². The highest BCUT2D eigenvalue weighted by atomic mass is 19.1. The van der Waals surface area contributed by atoms with Gasteiger partial charge in [0.25, 0.3) is 0 Å². The molecule has 3 nitrogen and oxygen atoms in total. The second kappa shape index (κ2) is 5.01. The van der Waals surface area contributed by atoms with Gasteiger partial charge < -0.3 is 10.5 Å². The topological polar surface area (TPSA) is 59.0 Å². The Morgan fingerprint density at radius 1 is 1.40 bits per heavy atom. The molecule has 0 atom stereocenters. The molecule has 0 aliphatic carbocycles. The van der Waals surface area contributed by atoms with E-state index in [0.29, 0.717) is 16.5 Å². The molecule has 2 rings (SSSR count). The molecule has 0 aliphatic heterocycles. The van der Waals surface area contributed by atoms with Gasteiger partial charge in [-0.15, -0.1) is 0 Å². The molecule has 4 heteroatoms. The highest BCUT2D eigenvalue weighted by molar-refractivity contribution is 5.96. The second-order valence-corrected chi connectivity index (χ2v) is 5.65. The maximum Gasteiger partial charge on any atom is 0.228 e. The van der Waals surface area contributed by atoms with E-state index >= 15 is 0 Å². The number of anilines is 1. The zero-order chi connectivity index (χ0) is 16.7. The van der Waals surface area contributed by atoms with Crippen LogP contribution in [-0.4, -0.2) is 6.81 Å². The number of nitrogen functional groups attached to an aromatic ring is 1. The fourth-order valence-corrected chi connectivity index (χ4v) is 2.28. The molecular formula is C16H17FN2O. The van der Waals surface area contributed by atoms with E-state index < -0.39 is 6.81 Å². The molecule has 2 aromatic carbocycles. The third kappa shape index (κ3) is 2.39. The molecule has 0 aromatic heterocycles. The molecule has 2 N–H and O–H groups in total. The van der Waals surface area contributed by atoms with Crippen molar-refractivity contribution >= 4 is 16.5 Å². The number of hydrogen-bond acceptors (Lipinski definition) is 3. The number of nitrogens with zero attached hydrogens (tertiary/aromatic N) is 1. The van der Waals surface area contributed by atoms with E-state index in [1.807, 2.05) is 26.8 Å². The molecule has 104 valence electrons. The molecule has 0 saturated carbocycles. The van der Waals surface area contributed by atoms with Gasteiger partial charge in [-0.25, -0.2) is 4.39 Å². The number of halogens is 1. The van der Waals surface area contributed by atoms with E-state index in [1.165, 1.54) is 6.07 Å². The smallest absolute Gasteiger partial charge is 0.228 e. The van der Waals surface area contributed by atoms with Crippen LogP contribution in [0.4, 0.5) is 10.1 Å². The lowest BCUT2D eigenvalue weighted by atomic mass is 9.82. The minimum absolute atomic E-state index is 0.0734. The monoisotopic (exact) mass is 274 g/mol. The molecule has 0 amide bonds. The molecule has 0 spiro atoms. The van der Waals surface area contributed by atoms with Gasteiger partial charge in [-0.1, -0.05) is 26.8 Å². The predicted molar refractivity (Wildman–Crippen MR) is 78.4 cm³/mol. The Kier molecular flexibility index (Phi) is 2.89. The van der Waals surface area contributed by atoms with Crippen LogP contribution in [-0.2, 0) is 5.41 Å². The summed E-state index contributed by atoms with van der Waals surface area (Å²) in [7, 11) is 0. The van der Waals surface area contributed by atoms with Gasteiger partial charge in [0, 0.05) is 11.1 Å². The SMILES string of the molecule is [2H]C([2H])(F)Oc1c(C#N)ccc2cc(N)cc(C(C)(C)C)c12. The van der Waals surface area contributed by atoms with Gasteiger partial charge in [-0.2, -0.15) is 5.26 Å². The van der Waals surface area contributed by atoms with Crippen LogP contribution in [0, 0.1) is 11.3 Å². The van der Waals surface area contributed by atoms with Crippen molar-refractivity contribution < 1.29 is 11.9 Å². The largest absolute Gasteiger partial charge is 0.461 e. The summed E-state index contributed by atoms with van der Waals surface area (Å²) >= 11 is 0. The predicted octanol–water partition coefficient (Wildman–Crippen LogP) is 3.90. The third-order valence-corrected chi connectivity index (χ3v) is 3.16. The summed E-state index contributed by atoms with van der Waals surface area (Å²) in [5.41, 5.74) is 6.95. The molecule has 20 heavy (non-hydrogen) atoms. The Hall–Kier alpha value is -2.28. The summed E-state index contributed by atoms with van der Waals surface area (Å²) in [5, 5.41) is 10.4. The van der Waals surface area contributed by atoms with Crippen molar-refractivity contribution in [1.82, 2.24) is 0 Å². The minimum atomic E-state index is -3.38. The van der Waals surface area contributed by atoms with E-state index in [-0.39, 0.29) is 16.7 Å². The van der Waals surface area contributed by atoms with Crippen molar-refractivity contribution in [1.29, 1.82) is 5.26 Å². The van der Waals surface area contributed by atoms with Gasteiger partial charge in [0.05, 0.1) is 5.56 Å². The molecule has 0 saturated heterocycles. The van der Waals surface area contributed by atoms with Crippen molar-refractivity contribution in [3.63, 3.8) is 0 Å². The molecule has 2 aromatic rings. The molecule has 0 fully saturated rings. The Morgan fingerprint density at radius 2 is 2.10 bits per heavy atom. The summed E-state index contributed by atoms with van der Waals surface area (Å²) in [6, 6.07) is 8.50. The number of rotatable bonds is 2. The van der Waals surface area contributed by atoms with Gasteiger partial charge in [0.1, 0.15) is 14.6 Å². The summed E-state index contributed by atoms with van der Waals surface area (Å²) in [4.78, 5) is 0. The Bertz CT molecular complexity index is 771. The van der Waals surface area contributed by atoms with Crippen LogP contribution in [0.2, 0.25) is 0 Å². The molecule has 0 unspecified atom stereocenters. The van der Waals surface area contributed by atoms with E-state index in [9.17, 15) is 9.65 Å². The Balaban J connectivity index is 2.93. The first-order chi connectivity index (χ1) is 10.0. The summed E-state index contributed by atoms with van der Waals surface area (Å²) < 4.78 is 32.3. The molecule has 0 heterocycles. The summed E-state index contributed by atoms with van der Waals surface area (Å²) in [6.45, 7) is 2.48. The molecule has 0 aliphatic rings. The first-order valence-electron chi connectivity index (χ1n) is 7.17. The number of alkyl halides is 1. The van der Waals surface area contributed by atoms with Gasteiger partial charge in [-0.05, 0) is 34.6 Å². The zero-order valence-corrected chi connectivity index (χ0v) is 11.6. The summed E-state index contributed by atoms with van der Waals surface area (Å²) in [6.07, 6.45) is 0. The Labute approximate surface area is 120 Å². The minimum Gasteiger partial charge on any atom is -0.461 e. The quantitative estimate of drug-likeness (QED) is 0.845. The van der Waals surface area contributed by atoms with Crippen LogP contribution < -0.4 is 10.5 Å². The van der Waals surface area contributed by atoms with E-state index in [4.69, 9.17) is 13.2 Å². The standard InChI is InChI=1S/C16H17FN2O/c1-16(2,3)13-7-12(19)6-10-4-5-11(8-18)15(14(10)13)20-9-17/h4-7H,9,19H2,1-3H3/i9D2. The van der Waals surface area contributed by atoms with Crippen molar-refractivity contribution in [3.8, 4) is 11.8 Å². The fourth-order valence-electron chi connectivity index (χ4n) is 2.28. The first kappa shape index (κ1) is 11.5. The highest BCUT2D eigenvalue weighted by Gasteiger charge is 2.22. The zero-order valence-electron chi connectivity index (χ0n) is 13.6. The van der Waals surface area contributed by atoms with Crippen molar-refractivity contribution in [2.75, 3.05) is 12.5 Å². The maximum atomic E-state index is 13.4. The lowest BCUT2D eigenvalue weighted by molar-refractivity contribution is 0.193. The van der Waals surface area contributed by atoms with Gasteiger partial charge in [0.15, 0.2) is 0 Å². The first-order valence-corrected chi connectivity index (χ1v) is 6.17. The second-order valence-electron chi connectivity index (χ2n) is 5.65. The molecule has 0 bridgehead atoms. The molecule has 0 radical (unpaired) electrons. The number of nitrogens with two attached hydrogens (primary N) is 1. The van der Waals surface area contributed by atoms with E-state index in [1.54, 1.807) is 18.2 Å². The fraction of sp³-hybridized carbons (Fsp3) is 0.312. The van der Waals surface area contributed by atoms with Crippen LogP contribution in [0.3, 0.4) is 0 Å². The average Bonchev–Trinajstić information content (AvgIpc) is 2.35. The van der Waals surface area contributed by atoms with Crippen LogP contribution in [0.15, 0.2) is 24.3 Å². The maximum absolute atomic E-state index is 13.4. The van der Waals surface area contributed by atoms with Crippen LogP contribution in [0.1, 0.15) is 34.6 Å². The van der Waals surface area contributed by atoms with Gasteiger partial charge in [0.2, 0.25) is 6.81 Å².